The Labute approximate surface area is 72.4 Å². The Kier molecular flexibility index (Phi) is 3.34. The summed E-state index contributed by atoms with van der Waals surface area (Å²) < 4.78 is 10.1. The van der Waals surface area contributed by atoms with E-state index in [1.165, 1.54) is 0 Å². The van der Waals surface area contributed by atoms with Gasteiger partial charge in [0, 0.05) is 6.54 Å². The first-order valence-corrected chi connectivity index (χ1v) is 4.30. The molecule has 1 heterocycles. The Balaban J connectivity index is 2.42. The lowest BCUT2D eigenvalue weighted by molar-refractivity contribution is -0.0740. The van der Waals surface area contributed by atoms with Gasteiger partial charge in [-0.25, -0.2) is 4.79 Å². The second-order valence-electron chi connectivity index (χ2n) is 2.72. The maximum atomic E-state index is 11.2. The molecule has 0 aromatic carbocycles. The van der Waals surface area contributed by atoms with Crippen molar-refractivity contribution in [1.82, 2.24) is 4.90 Å². The van der Waals surface area contributed by atoms with Gasteiger partial charge in [-0.1, -0.05) is 0 Å². The molecule has 1 atom stereocenters. The van der Waals surface area contributed by atoms with E-state index in [-0.39, 0.29) is 12.3 Å². The van der Waals surface area contributed by atoms with Crippen molar-refractivity contribution >= 4 is 6.09 Å². The van der Waals surface area contributed by atoms with Crippen molar-refractivity contribution in [1.29, 1.82) is 0 Å². The summed E-state index contributed by atoms with van der Waals surface area (Å²) in [5, 5.41) is 0. The Hall–Kier alpha value is -0.770. The number of ether oxygens (including phenoxy) is 2. The molecule has 0 radical (unpaired) electrons. The van der Waals surface area contributed by atoms with E-state index < -0.39 is 0 Å². The summed E-state index contributed by atoms with van der Waals surface area (Å²) in [6.07, 6.45) is 0.478. The summed E-state index contributed by atoms with van der Waals surface area (Å²) in [6.45, 7) is 5.54. The first kappa shape index (κ1) is 9.32. The molecule has 4 nitrogen and oxygen atoms in total. The van der Waals surface area contributed by atoms with Crippen LogP contribution in [0.4, 0.5) is 4.79 Å². The number of nitrogens with zero attached hydrogens (tertiary/aromatic N) is 1. The molecule has 70 valence electrons. The first-order valence-electron chi connectivity index (χ1n) is 4.30. The second kappa shape index (κ2) is 4.30. The van der Waals surface area contributed by atoms with E-state index in [1.807, 2.05) is 6.92 Å². The SMILES string of the molecule is CCOC(=O)N1CCCOC1C. The standard InChI is InChI=1S/C8H15NO3/c1-3-11-8(10)9-5-4-6-12-7(9)2/h7H,3-6H2,1-2H3. The molecule has 0 aromatic heterocycles. The van der Waals surface area contributed by atoms with E-state index >= 15 is 0 Å². The zero-order chi connectivity index (χ0) is 8.97. The zero-order valence-electron chi connectivity index (χ0n) is 7.58. The van der Waals surface area contributed by atoms with Gasteiger partial charge in [0.1, 0.15) is 6.23 Å². The van der Waals surface area contributed by atoms with E-state index in [2.05, 4.69) is 0 Å². The van der Waals surface area contributed by atoms with Crippen LogP contribution in [0.1, 0.15) is 20.3 Å². The molecule has 12 heavy (non-hydrogen) atoms. The number of amides is 1. The number of hydrogen-bond acceptors (Lipinski definition) is 3. The fourth-order valence-electron chi connectivity index (χ4n) is 1.21. The quantitative estimate of drug-likeness (QED) is 0.598. The summed E-state index contributed by atoms with van der Waals surface area (Å²) in [5.41, 5.74) is 0. The average Bonchev–Trinajstić information content (AvgIpc) is 2.05. The van der Waals surface area contributed by atoms with Crippen LogP contribution in [0, 0.1) is 0 Å². The molecule has 1 aliphatic heterocycles. The first-order chi connectivity index (χ1) is 5.75. The fourth-order valence-corrected chi connectivity index (χ4v) is 1.21. The van der Waals surface area contributed by atoms with Crippen LogP contribution in [0.25, 0.3) is 0 Å². The van der Waals surface area contributed by atoms with Crippen LogP contribution in [0.5, 0.6) is 0 Å². The van der Waals surface area contributed by atoms with E-state index in [9.17, 15) is 4.79 Å². The maximum absolute atomic E-state index is 11.2. The van der Waals surface area contributed by atoms with Crippen LogP contribution in [-0.4, -0.2) is 37.0 Å². The minimum Gasteiger partial charge on any atom is -0.450 e. The van der Waals surface area contributed by atoms with Crippen LogP contribution in [0.2, 0.25) is 0 Å². The van der Waals surface area contributed by atoms with Gasteiger partial charge in [0.15, 0.2) is 0 Å². The average molecular weight is 173 g/mol. The van der Waals surface area contributed by atoms with Crippen molar-refractivity contribution in [3.05, 3.63) is 0 Å². The lowest BCUT2D eigenvalue weighted by Gasteiger charge is -2.32. The monoisotopic (exact) mass is 173 g/mol. The van der Waals surface area contributed by atoms with Gasteiger partial charge in [-0.2, -0.15) is 0 Å². The minimum absolute atomic E-state index is 0.141. The third-order valence-corrected chi connectivity index (χ3v) is 1.84. The van der Waals surface area contributed by atoms with Gasteiger partial charge in [-0.15, -0.1) is 0 Å². The summed E-state index contributed by atoms with van der Waals surface area (Å²) in [4.78, 5) is 12.8. The van der Waals surface area contributed by atoms with Crippen molar-refractivity contribution in [2.75, 3.05) is 19.8 Å². The fraction of sp³-hybridized carbons (Fsp3) is 0.875. The molecule has 4 heteroatoms. The Morgan fingerprint density at radius 2 is 2.50 bits per heavy atom. The third-order valence-electron chi connectivity index (χ3n) is 1.84. The number of carbonyl (C=O) groups excluding carboxylic acids is 1. The number of rotatable bonds is 1. The summed E-state index contributed by atoms with van der Waals surface area (Å²) in [5.74, 6) is 0. The molecule has 1 rings (SSSR count). The highest BCUT2D eigenvalue weighted by molar-refractivity contribution is 5.67. The van der Waals surface area contributed by atoms with Gasteiger partial charge in [0.25, 0.3) is 0 Å². The van der Waals surface area contributed by atoms with Crippen molar-refractivity contribution in [2.24, 2.45) is 0 Å². The van der Waals surface area contributed by atoms with Crippen molar-refractivity contribution in [3.8, 4) is 0 Å². The van der Waals surface area contributed by atoms with Crippen molar-refractivity contribution < 1.29 is 14.3 Å². The molecule has 0 aromatic rings. The Morgan fingerprint density at radius 1 is 1.75 bits per heavy atom. The molecular weight excluding hydrogens is 158 g/mol. The summed E-state index contributed by atoms with van der Waals surface area (Å²) in [6, 6.07) is 0. The number of carbonyl (C=O) groups is 1. The smallest absolute Gasteiger partial charge is 0.411 e. The predicted octanol–water partition coefficient (Wildman–Crippen LogP) is 1.21. The third kappa shape index (κ3) is 2.11. The van der Waals surface area contributed by atoms with E-state index in [1.54, 1.807) is 11.8 Å². The highest BCUT2D eigenvalue weighted by Gasteiger charge is 2.24. The van der Waals surface area contributed by atoms with E-state index in [0.717, 1.165) is 19.6 Å². The molecule has 0 N–H and O–H groups in total. The molecule has 1 unspecified atom stereocenters. The molecule has 1 fully saturated rings. The molecule has 0 bridgehead atoms. The van der Waals surface area contributed by atoms with E-state index in [4.69, 9.17) is 9.47 Å². The van der Waals surface area contributed by atoms with Crippen LogP contribution in [0.3, 0.4) is 0 Å². The zero-order valence-corrected chi connectivity index (χ0v) is 7.58. The lowest BCUT2D eigenvalue weighted by atomic mass is 10.3. The second-order valence-corrected chi connectivity index (χ2v) is 2.72. The predicted molar refractivity (Wildman–Crippen MR) is 43.8 cm³/mol. The van der Waals surface area contributed by atoms with E-state index in [0.29, 0.717) is 6.61 Å². The normalized spacial score (nSPS) is 23.8. The minimum atomic E-state index is -0.273. The van der Waals surface area contributed by atoms with Crippen LogP contribution in [0.15, 0.2) is 0 Å². The van der Waals surface area contributed by atoms with Crippen LogP contribution >= 0.6 is 0 Å². The molecule has 1 aliphatic rings. The molecule has 0 spiro atoms. The van der Waals surface area contributed by atoms with Gasteiger partial charge in [0.05, 0.1) is 13.2 Å². The summed E-state index contributed by atoms with van der Waals surface area (Å²) in [7, 11) is 0. The molecule has 1 saturated heterocycles. The van der Waals surface area contributed by atoms with Gasteiger partial charge in [0.2, 0.25) is 0 Å². The van der Waals surface area contributed by atoms with Gasteiger partial charge in [-0.3, -0.25) is 4.90 Å². The van der Waals surface area contributed by atoms with Gasteiger partial charge < -0.3 is 9.47 Å². The topological polar surface area (TPSA) is 38.8 Å². The largest absolute Gasteiger partial charge is 0.450 e. The van der Waals surface area contributed by atoms with Crippen LogP contribution in [-0.2, 0) is 9.47 Å². The molecule has 0 aliphatic carbocycles. The highest BCUT2D eigenvalue weighted by atomic mass is 16.6. The summed E-state index contributed by atoms with van der Waals surface area (Å²) >= 11 is 0. The Bertz CT molecular complexity index is 160. The lowest BCUT2D eigenvalue weighted by Crippen LogP contribution is -2.44. The molecule has 0 saturated carbocycles. The molecular formula is C8H15NO3. The van der Waals surface area contributed by atoms with Crippen LogP contribution < -0.4 is 0 Å². The van der Waals surface area contributed by atoms with Crippen molar-refractivity contribution in [3.63, 3.8) is 0 Å². The van der Waals surface area contributed by atoms with Gasteiger partial charge >= 0.3 is 6.09 Å². The highest BCUT2D eigenvalue weighted by Crippen LogP contribution is 2.10. The molecule has 1 amide bonds. The maximum Gasteiger partial charge on any atom is 0.411 e. The Morgan fingerprint density at radius 3 is 3.08 bits per heavy atom. The van der Waals surface area contributed by atoms with Crippen molar-refractivity contribution in [2.45, 2.75) is 26.5 Å². The van der Waals surface area contributed by atoms with Gasteiger partial charge in [-0.05, 0) is 20.3 Å². The number of hydrogen-bond donors (Lipinski definition) is 0.